The summed E-state index contributed by atoms with van der Waals surface area (Å²) < 4.78 is 12.5. The number of ketones is 2. The van der Waals surface area contributed by atoms with E-state index in [0.717, 1.165) is 0 Å². The first-order valence-electron chi connectivity index (χ1n) is 12.1. The van der Waals surface area contributed by atoms with Crippen LogP contribution in [-0.4, -0.2) is 54.8 Å². The van der Waals surface area contributed by atoms with Gasteiger partial charge in [0.25, 0.3) is 0 Å². The Morgan fingerprint density at radius 3 is 1.33 bits per heavy atom. The highest BCUT2D eigenvalue weighted by Gasteiger charge is 2.99. The summed E-state index contributed by atoms with van der Waals surface area (Å²) in [4.78, 5) is 28.7. The lowest BCUT2D eigenvalue weighted by Crippen LogP contribution is -2.74. The Balaban J connectivity index is 1.93. The average Bonchev–Trinajstić information content (AvgIpc) is 3.12. The molecule has 3 aliphatic carbocycles. The molecule has 0 amide bonds. The Morgan fingerprint density at radius 2 is 1.03 bits per heavy atom. The fourth-order valence-corrected chi connectivity index (χ4v) is 7.94. The molecule has 0 radical (unpaired) electrons. The Bertz CT molecular complexity index is 1190. The summed E-state index contributed by atoms with van der Waals surface area (Å²) in [5.41, 5.74) is -7.52. The number of hydrogen-bond donors (Lipinski definition) is 4. The van der Waals surface area contributed by atoms with Crippen molar-refractivity contribution in [3.8, 4) is 0 Å². The zero-order valence-corrected chi connectivity index (χ0v) is 21.2. The summed E-state index contributed by atoms with van der Waals surface area (Å²) in [6.07, 6.45) is 12.6. The molecule has 36 heavy (non-hydrogen) atoms. The molecule has 0 spiro atoms. The smallest absolute Gasteiger partial charge is 0.210 e. The largest absolute Gasteiger partial charge is 0.508 e. The first-order chi connectivity index (χ1) is 16.7. The maximum Gasteiger partial charge on any atom is 0.210 e. The van der Waals surface area contributed by atoms with Crippen LogP contribution in [-0.2, 0) is 19.1 Å². The number of aliphatic hydroxyl groups is 4. The van der Waals surface area contributed by atoms with Crippen molar-refractivity contribution in [1.29, 1.82) is 0 Å². The van der Waals surface area contributed by atoms with E-state index in [0.29, 0.717) is 0 Å². The van der Waals surface area contributed by atoms with Crippen molar-refractivity contribution in [2.75, 3.05) is 0 Å². The third kappa shape index (κ3) is 2.15. The van der Waals surface area contributed by atoms with Gasteiger partial charge in [-0.25, -0.2) is 0 Å². The van der Waals surface area contributed by atoms with E-state index in [9.17, 15) is 30.0 Å². The van der Waals surface area contributed by atoms with Crippen LogP contribution in [0.4, 0.5) is 0 Å². The van der Waals surface area contributed by atoms with Gasteiger partial charge in [0.2, 0.25) is 11.6 Å². The summed E-state index contributed by atoms with van der Waals surface area (Å²) in [6.45, 7) is 9.48. The number of carbonyl (C=O) groups is 2. The summed E-state index contributed by atoms with van der Waals surface area (Å²) >= 11 is 0. The molecule has 8 heteroatoms. The Morgan fingerprint density at radius 1 is 0.694 bits per heavy atom. The quantitative estimate of drug-likeness (QED) is 0.265. The number of Topliss-reactive ketones (excluding diaryl/α,β-unsaturated/α-hetero) is 2. The predicted molar refractivity (Wildman–Crippen MR) is 129 cm³/mol. The molecule has 4 N–H and O–H groups in total. The van der Waals surface area contributed by atoms with E-state index < -0.39 is 57.0 Å². The van der Waals surface area contributed by atoms with Gasteiger partial charge in [0.05, 0.1) is 10.8 Å². The third-order valence-corrected chi connectivity index (χ3v) is 9.41. The second-order valence-corrected chi connectivity index (χ2v) is 11.0. The fourth-order valence-electron chi connectivity index (χ4n) is 7.94. The standard InChI is InChI=1S/C28H32O8/c1-7-9-11-13-15(29)17-19-23(3)22(32)18(16(30)14-12-10-8-2)20-24(4,21(17)31)28(34)25(19,5)35-27(23,33)26(20,6)36-28/h7-14,19-20,29-30,33-34H,1-6H3/b9-7+,10-8+,13-11+,14-12+,17-15-,18-16-/t19?,20?,23-,24-,25+,26+,27-,28-/m1/s1. The summed E-state index contributed by atoms with van der Waals surface area (Å²) in [5.74, 6) is -9.12. The molecular weight excluding hydrogens is 464 g/mol. The van der Waals surface area contributed by atoms with Crippen LogP contribution in [0.5, 0.6) is 0 Å². The number of allylic oxidation sites excluding steroid dienone is 8. The second kappa shape index (κ2) is 6.95. The highest BCUT2D eigenvalue weighted by Crippen LogP contribution is 2.83. The van der Waals surface area contributed by atoms with Crippen LogP contribution >= 0.6 is 0 Å². The zero-order chi connectivity index (χ0) is 26.7. The van der Waals surface area contributed by atoms with Crippen LogP contribution < -0.4 is 0 Å². The molecule has 8 nitrogen and oxygen atoms in total. The number of aliphatic hydroxyl groups excluding tert-OH is 2. The summed E-state index contributed by atoms with van der Waals surface area (Å²) in [5, 5.41) is 46.6. The van der Waals surface area contributed by atoms with Gasteiger partial charge < -0.3 is 29.9 Å². The molecule has 5 aliphatic rings. The minimum atomic E-state index is -2.26. The first-order valence-corrected chi connectivity index (χ1v) is 12.1. The average molecular weight is 497 g/mol. The van der Waals surface area contributed by atoms with Crippen LogP contribution in [0.15, 0.2) is 71.3 Å². The fraction of sp³-hybridized carbons (Fsp3) is 0.500. The minimum absolute atomic E-state index is 0.113. The normalized spacial score (nSPS) is 51.8. The first kappa shape index (κ1) is 24.9. The lowest BCUT2D eigenvalue weighted by molar-refractivity contribution is -0.450. The van der Waals surface area contributed by atoms with Gasteiger partial charge in [-0.15, -0.1) is 0 Å². The highest BCUT2D eigenvalue weighted by molar-refractivity contribution is 6.13. The maximum absolute atomic E-state index is 14.3. The Kier molecular flexibility index (Phi) is 4.81. The van der Waals surface area contributed by atoms with Crippen molar-refractivity contribution in [1.82, 2.24) is 0 Å². The van der Waals surface area contributed by atoms with Gasteiger partial charge in [0.1, 0.15) is 22.7 Å². The number of ether oxygens (including phenoxy) is 2. The van der Waals surface area contributed by atoms with Gasteiger partial charge in [-0.1, -0.05) is 36.5 Å². The number of hydrogen-bond acceptors (Lipinski definition) is 8. The van der Waals surface area contributed by atoms with Crippen molar-refractivity contribution < 1.29 is 39.5 Å². The molecule has 8 atom stereocenters. The molecule has 0 aromatic rings. The van der Waals surface area contributed by atoms with Crippen LogP contribution in [0.2, 0.25) is 0 Å². The summed E-state index contributed by atoms with van der Waals surface area (Å²) in [6, 6.07) is 0. The second-order valence-electron chi connectivity index (χ2n) is 11.0. The molecule has 0 aromatic carbocycles. The van der Waals surface area contributed by atoms with Crippen molar-refractivity contribution >= 4 is 11.6 Å². The number of carbonyl (C=O) groups excluding carboxylic acids is 2. The third-order valence-electron chi connectivity index (χ3n) is 9.41. The molecule has 2 unspecified atom stereocenters. The molecule has 0 aromatic heterocycles. The minimum Gasteiger partial charge on any atom is -0.508 e. The van der Waals surface area contributed by atoms with E-state index in [1.807, 2.05) is 0 Å². The molecule has 8 bridgehead atoms. The van der Waals surface area contributed by atoms with E-state index in [4.69, 9.17) is 9.47 Å². The highest BCUT2D eigenvalue weighted by atomic mass is 16.8. The SMILES string of the molecule is C/C=C/C=C/C(O)=C1/C(=O)[C@@]2(C)C3\C(=C(O)/C=C/C=C/C)C(=O)[C@@]4(C)C1[C@]1(C)O[C@@]4(O)[C@@]3(C)O[C@@]12O. The molecule has 5 rings (SSSR count). The Labute approximate surface area is 209 Å². The lowest BCUT2D eigenvalue weighted by atomic mass is 9.39. The van der Waals surface area contributed by atoms with Crippen molar-refractivity contribution in [2.24, 2.45) is 22.7 Å². The molecule has 5 fully saturated rings. The molecule has 2 aliphatic heterocycles. The topological polar surface area (TPSA) is 134 Å². The van der Waals surface area contributed by atoms with Gasteiger partial charge in [-0.3, -0.25) is 9.59 Å². The van der Waals surface area contributed by atoms with E-state index in [-0.39, 0.29) is 22.7 Å². The molecular formula is C28H32O8. The van der Waals surface area contributed by atoms with E-state index in [2.05, 4.69) is 0 Å². The summed E-state index contributed by atoms with van der Waals surface area (Å²) in [7, 11) is 0. The van der Waals surface area contributed by atoms with Gasteiger partial charge in [-0.2, -0.15) is 0 Å². The molecule has 2 saturated heterocycles. The van der Waals surface area contributed by atoms with Crippen molar-refractivity contribution in [3.63, 3.8) is 0 Å². The van der Waals surface area contributed by atoms with Gasteiger partial charge in [0, 0.05) is 23.0 Å². The van der Waals surface area contributed by atoms with E-state index in [1.165, 1.54) is 39.8 Å². The van der Waals surface area contributed by atoms with Crippen LogP contribution in [0.3, 0.4) is 0 Å². The van der Waals surface area contributed by atoms with Crippen molar-refractivity contribution in [3.05, 3.63) is 71.3 Å². The van der Waals surface area contributed by atoms with Crippen molar-refractivity contribution in [2.45, 2.75) is 64.3 Å². The number of rotatable bonds is 4. The predicted octanol–water partition coefficient (Wildman–Crippen LogP) is 3.25. The van der Waals surface area contributed by atoms with Crippen LogP contribution in [0.1, 0.15) is 41.5 Å². The zero-order valence-electron chi connectivity index (χ0n) is 21.2. The van der Waals surface area contributed by atoms with Gasteiger partial charge in [-0.05, 0) is 53.7 Å². The molecule has 2 heterocycles. The van der Waals surface area contributed by atoms with E-state index in [1.54, 1.807) is 50.3 Å². The Hall–Kier alpha value is -2.78. The van der Waals surface area contributed by atoms with Crippen LogP contribution in [0, 0.1) is 22.7 Å². The van der Waals surface area contributed by atoms with Crippen LogP contribution in [0.25, 0.3) is 0 Å². The van der Waals surface area contributed by atoms with Gasteiger partial charge >= 0.3 is 0 Å². The molecule has 192 valence electrons. The molecule has 3 saturated carbocycles. The van der Waals surface area contributed by atoms with E-state index >= 15 is 0 Å². The lowest BCUT2D eigenvalue weighted by Gasteiger charge is -2.58. The van der Waals surface area contributed by atoms with Gasteiger partial charge in [0.15, 0.2) is 11.6 Å². The maximum atomic E-state index is 14.3. The monoisotopic (exact) mass is 496 g/mol.